The van der Waals surface area contributed by atoms with Crippen LogP contribution in [0.25, 0.3) is 0 Å². The molecule has 8 heteroatoms. The predicted molar refractivity (Wildman–Crippen MR) is 105 cm³/mol. The maximum absolute atomic E-state index is 12.1. The number of thioether (sulfide) groups is 1. The molecule has 27 heavy (non-hydrogen) atoms. The van der Waals surface area contributed by atoms with E-state index in [-0.39, 0.29) is 18.3 Å². The number of benzene rings is 2. The molecule has 0 bridgehead atoms. The highest BCUT2D eigenvalue weighted by molar-refractivity contribution is 7.99. The van der Waals surface area contributed by atoms with Crippen molar-refractivity contribution in [3.8, 4) is 5.75 Å². The average Bonchev–Trinajstić information content (AvgIpc) is 3.10. The number of aromatic nitrogens is 2. The highest BCUT2D eigenvalue weighted by Gasteiger charge is 2.11. The summed E-state index contributed by atoms with van der Waals surface area (Å²) in [5.41, 5.74) is 2.78. The number of amides is 1. The minimum absolute atomic E-state index is 0.145. The monoisotopic (exact) mass is 403 g/mol. The number of hydrogen-bond donors (Lipinski definition) is 1. The standard InChI is InChI=1S/C19H18ClN3O3S/c1-12-3-7-15(8-4-12)25-10-18-22-23-19(26-18)27-11-17(24)21-16-9-14(20)6-5-13(16)2/h3-9H,10-11H2,1-2H3,(H,21,24). The lowest BCUT2D eigenvalue weighted by Gasteiger charge is -2.07. The van der Waals surface area contributed by atoms with Crippen molar-refractivity contribution >= 4 is 35.0 Å². The Morgan fingerprint density at radius 2 is 1.96 bits per heavy atom. The van der Waals surface area contributed by atoms with Gasteiger partial charge in [0.1, 0.15) is 5.75 Å². The van der Waals surface area contributed by atoms with Crippen molar-refractivity contribution in [3.63, 3.8) is 0 Å². The van der Waals surface area contributed by atoms with Crippen molar-refractivity contribution < 1.29 is 13.9 Å². The molecule has 0 unspecified atom stereocenters. The lowest BCUT2D eigenvalue weighted by molar-refractivity contribution is -0.113. The molecular formula is C19H18ClN3O3S. The minimum atomic E-state index is -0.180. The van der Waals surface area contributed by atoms with Crippen molar-refractivity contribution in [1.29, 1.82) is 0 Å². The van der Waals surface area contributed by atoms with Gasteiger partial charge in [0.05, 0.1) is 5.75 Å². The van der Waals surface area contributed by atoms with E-state index in [4.69, 9.17) is 20.8 Å². The molecule has 0 aliphatic carbocycles. The topological polar surface area (TPSA) is 77.2 Å². The summed E-state index contributed by atoms with van der Waals surface area (Å²) < 4.78 is 11.1. The van der Waals surface area contributed by atoms with Crippen LogP contribution in [0.15, 0.2) is 52.1 Å². The molecule has 140 valence electrons. The maximum Gasteiger partial charge on any atom is 0.277 e. The molecule has 3 rings (SSSR count). The number of ether oxygens (including phenoxy) is 1. The Hall–Kier alpha value is -2.51. The first-order valence-corrected chi connectivity index (χ1v) is 9.56. The Kier molecular flexibility index (Phi) is 6.36. The van der Waals surface area contributed by atoms with Crippen molar-refractivity contribution in [2.75, 3.05) is 11.1 Å². The Labute approximate surface area is 166 Å². The van der Waals surface area contributed by atoms with Crippen molar-refractivity contribution in [2.45, 2.75) is 25.7 Å². The SMILES string of the molecule is Cc1ccc(OCc2nnc(SCC(=O)Nc3cc(Cl)ccc3C)o2)cc1. The summed E-state index contributed by atoms with van der Waals surface area (Å²) in [5.74, 6) is 1.04. The number of halogens is 1. The van der Waals surface area contributed by atoms with Gasteiger partial charge in [-0.05, 0) is 43.7 Å². The molecular weight excluding hydrogens is 386 g/mol. The van der Waals surface area contributed by atoms with Crippen LogP contribution in [0, 0.1) is 13.8 Å². The number of carbonyl (C=O) groups is 1. The number of nitrogens with one attached hydrogen (secondary N) is 1. The molecule has 0 fully saturated rings. The van der Waals surface area contributed by atoms with Crippen LogP contribution in [0.4, 0.5) is 5.69 Å². The first-order chi connectivity index (χ1) is 13.0. The molecule has 0 atom stereocenters. The number of nitrogens with zero attached hydrogens (tertiary/aromatic N) is 2. The first kappa shape index (κ1) is 19.3. The zero-order valence-corrected chi connectivity index (χ0v) is 16.4. The van der Waals surface area contributed by atoms with Gasteiger partial charge in [0.15, 0.2) is 6.61 Å². The lowest BCUT2D eigenvalue weighted by atomic mass is 10.2. The number of aryl methyl sites for hydroxylation is 2. The van der Waals surface area contributed by atoms with Gasteiger partial charge in [0, 0.05) is 10.7 Å². The highest BCUT2D eigenvalue weighted by atomic mass is 35.5. The predicted octanol–water partition coefficient (Wildman–Crippen LogP) is 4.65. The fourth-order valence-corrected chi connectivity index (χ4v) is 2.93. The van der Waals surface area contributed by atoms with Crippen molar-refractivity contribution in [1.82, 2.24) is 10.2 Å². The molecule has 1 heterocycles. The smallest absolute Gasteiger partial charge is 0.277 e. The molecule has 0 radical (unpaired) electrons. The number of anilines is 1. The van der Waals surface area contributed by atoms with E-state index in [1.54, 1.807) is 12.1 Å². The molecule has 0 saturated carbocycles. The molecule has 3 aromatic rings. The van der Waals surface area contributed by atoms with Crippen LogP contribution in [0.1, 0.15) is 17.0 Å². The normalized spacial score (nSPS) is 10.6. The molecule has 2 aromatic carbocycles. The molecule has 0 aliphatic rings. The van der Waals surface area contributed by atoms with E-state index in [0.29, 0.717) is 21.8 Å². The Morgan fingerprint density at radius 3 is 2.74 bits per heavy atom. The Morgan fingerprint density at radius 1 is 1.19 bits per heavy atom. The van der Waals surface area contributed by atoms with Crippen LogP contribution >= 0.6 is 23.4 Å². The van der Waals surface area contributed by atoms with E-state index in [2.05, 4.69) is 15.5 Å². The van der Waals surface area contributed by atoms with E-state index in [1.165, 1.54) is 0 Å². The summed E-state index contributed by atoms with van der Waals surface area (Å²) in [6.45, 7) is 4.08. The van der Waals surface area contributed by atoms with E-state index in [1.807, 2.05) is 44.2 Å². The second kappa shape index (κ2) is 8.92. The van der Waals surface area contributed by atoms with E-state index >= 15 is 0 Å². The van der Waals surface area contributed by atoms with Gasteiger partial charge in [-0.1, -0.05) is 47.1 Å². The van der Waals surface area contributed by atoms with E-state index < -0.39 is 0 Å². The highest BCUT2D eigenvalue weighted by Crippen LogP contribution is 2.22. The quantitative estimate of drug-likeness (QED) is 0.578. The third kappa shape index (κ3) is 5.74. The van der Waals surface area contributed by atoms with Gasteiger partial charge in [-0.3, -0.25) is 4.79 Å². The molecule has 0 saturated heterocycles. The van der Waals surface area contributed by atoms with Gasteiger partial charge in [0.25, 0.3) is 11.1 Å². The molecule has 1 amide bonds. The average molecular weight is 404 g/mol. The van der Waals surface area contributed by atoms with Crippen LogP contribution < -0.4 is 10.1 Å². The fourth-order valence-electron chi connectivity index (χ4n) is 2.18. The third-order valence-electron chi connectivity index (χ3n) is 3.63. The minimum Gasteiger partial charge on any atom is -0.484 e. The molecule has 6 nitrogen and oxygen atoms in total. The van der Waals surface area contributed by atoms with Crippen molar-refractivity contribution in [2.24, 2.45) is 0 Å². The third-order valence-corrected chi connectivity index (χ3v) is 4.69. The zero-order chi connectivity index (χ0) is 19.2. The van der Waals surface area contributed by atoms with Crippen LogP contribution in [-0.2, 0) is 11.4 Å². The van der Waals surface area contributed by atoms with Gasteiger partial charge in [0.2, 0.25) is 5.91 Å². The molecule has 0 aliphatic heterocycles. The number of rotatable bonds is 7. The van der Waals surface area contributed by atoms with Crippen molar-refractivity contribution in [3.05, 3.63) is 64.5 Å². The lowest BCUT2D eigenvalue weighted by Crippen LogP contribution is -2.14. The summed E-state index contributed by atoms with van der Waals surface area (Å²) in [5, 5.41) is 11.5. The number of hydrogen-bond acceptors (Lipinski definition) is 6. The van der Waals surface area contributed by atoms with Crippen LogP contribution in [0.5, 0.6) is 5.75 Å². The number of carbonyl (C=O) groups excluding carboxylic acids is 1. The second-order valence-corrected chi connectivity index (χ2v) is 7.22. The first-order valence-electron chi connectivity index (χ1n) is 8.20. The second-order valence-electron chi connectivity index (χ2n) is 5.86. The maximum atomic E-state index is 12.1. The van der Waals surface area contributed by atoms with Crippen LogP contribution in [-0.4, -0.2) is 21.9 Å². The Balaban J connectivity index is 1.48. The van der Waals surface area contributed by atoms with Gasteiger partial charge in [-0.2, -0.15) is 0 Å². The summed E-state index contributed by atoms with van der Waals surface area (Å²) in [6, 6.07) is 13.0. The molecule has 0 spiro atoms. The molecule has 1 aromatic heterocycles. The summed E-state index contributed by atoms with van der Waals surface area (Å²) in [7, 11) is 0. The van der Waals surface area contributed by atoms with Gasteiger partial charge in [-0.25, -0.2) is 0 Å². The summed E-state index contributed by atoms with van der Waals surface area (Å²) >= 11 is 7.12. The van der Waals surface area contributed by atoms with Gasteiger partial charge < -0.3 is 14.5 Å². The summed E-state index contributed by atoms with van der Waals surface area (Å²) in [6.07, 6.45) is 0. The van der Waals surface area contributed by atoms with Crippen LogP contribution in [0.3, 0.4) is 0 Å². The van der Waals surface area contributed by atoms with Gasteiger partial charge >= 0.3 is 0 Å². The largest absolute Gasteiger partial charge is 0.484 e. The van der Waals surface area contributed by atoms with E-state index in [9.17, 15) is 4.79 Å². The molecule has 1 N–H and O–H groups in total. The zero-order valence-electron chi connectivity index (χ0n) is 14.9. The Bertz CT molecular complexity index is 928. The summed E-state index contributed by atoms with van der Waals surface area (Å²) in [4.78, 5) is 12.1. The van der Waals surface area contributed by atoms with Gasteiger partial charge in [-0.15, -0.1) is 10.2 Å². The van der Waals surface area contributed by atoms with Crippen LogP contribution in [0.2, 0.25) is 5.02 Å². The van der Waals surface area contributed by atoms with E-state index in [0.717, 1.165) is 28.6 Å². The fraction of sp³-hybridized carbons (Fsp3) is 0.211.